The highest BCUT2D eigenvalue weighted by Gasteiger charge is 2.13. The molecule has 0 amide bonds. The first-order valence-electron chi connectivity index (χ1n) is 9.36. The number of benzene rings is 2. The van der Waals surface area contributed by atoms with E-state index >= 15 is 0 Å². The molecule has 0 atom stereocenters. The van der Waals surface area contributed by atoms with Crippen molar-refractivity contribution in [1.29, 1.82) is 0 Å². The van der Waals surface area contributed by atoms with Crippen molar-refractivity contribution in [2.24, 2.45) is 0 Å². The fraction of sp³-hybridized carbons (Fsp3) is 0.0870. The zero-order valence-corrected chi connectivity index (χ0v) is 16.9. The molecule has 0 aliphatic heterocycles. The molecular weight excluding hydrogens is 398 g/mol. The van der Waals surface area contributed by atoms with E-state index in [0.29, 0.717) is 16.8 Å². The second-order valence-electron chi connectivity index (χ2n) is 6.78. The van der Waals surface area contributed by atoms with E-state index in [1.165, 1.54) is 11.3 Å². The lowest BCUT2D eigenvalue weighted by atomic mass is 10.1. The maximum Gasteiger partial charge on any atom is 0.262 e. The first kappa shape index (κ1) is 18.3. The smallest absolute Gasteiger partial charge is 0.262 e. The lowest BCUT2D eigenvalue weighted by Gasteiger charge is -2.01. The Kier molecular flexibility index (Phi) is 4.65. The van der Waals surface area contributed by atoms with E-state index in [1.807, 2.05) is 66.7 Å². The third-order valence-electron chi connectivity index (χ3n) is 4.85. The molecule has 0 fully saturated rings. The van der Waals surface area contributed by atoms with Gasteiger partial charge in [-0.15, -0.1) is 11.3 Å². The maximum absolute atomic E-state index is 13.0. The summed E-state index contributed by atoms with van der Waals surface area (Å²) >= 11 is 1.51. The molecule has 148 valence electrons. The van der Waals surface area contributed by atoms with Crippen LogP contribution in [0.1, 0.15) is 5.76 Å². The molecule has 0 aliphatic rings. The molecule has 0 saturated carbocycles. The van der Waals surface area contributed by atoms with Gasteiger partial charge in [0.05, 0.1) is 25.4 Å². The molecule has 5 rings (SSSR count). The average molecular weight is 415 g/mol. The third-order valence-corrected chi connectivity index (χ3v) is 5.94. The number of fused-ring (bicyclic) bond motifs is 1. The predicted molar refractivity (Wildman–Crippen MR) is 117 cm³/mol. The number of hydrogen-bond donors (Lipinski definition) is 0. The van der Waals surface area contributed by atoms with Crippen molar-refractivity contribution in [3.05, 3.63) is 89.2 Å². The zero-order chi connectivity index (χ0) is 20.5. The minimum absolute atomic E-state index is 0.0965. The average Bonchev–Trinajstić information content (AvgIpc) is 3.44. The summed E-state index contributed by atoms with van der Waals surface area (Å²) in [7, 11) is 1.63. The molecule has 0 aliphatic carbocycles. The summed E-state index contributed by atoms with van der Waals surface area (Å²) in [6, 6.07) is 21.3. The molecule has 2 aromatic carbocycles. The predicted octanol–water partition coefficient (Wildman–Crippen LogP) is 4.84. The molecule has 0 N–H and O–H groups in total. The molecule has 0 spiro atoms. The van der Waals surface area contributed by atoms with E-state index in [-0.39, 0.29) is 12.1 Å². The van der Waals surface area contributed by atoms with Crippen LogP contribution in [0.3, 0.4) is 0 Å². The van der Waals surface area contributed by atoms with Gasteiger partial charge in [-0.25, -0.2) is 4.98 Å². The van der Waals surface area contributed by atoms with Crippen molar-refractivity contribution in [2.75, 3.05) is 7.11 Å². The Labute approximate surface area is 176 Å². The van der Waals surface area contributed by atoms with Crippen LogP contribution in [0.2, 0.25) is 0 Å². The van der Waals surface area contributed by atoms with E-state index in [9.17, 15) is 4.79 Å². The molecule has 0 unspecified atom stereocenters. The fourth-order valence-corrected chi connectivity index (χ4v) is 4.27. The molecule has 3 heterocycles. The van der Waals surface area contributed by atoms with Gasteiger partial charge in [-0.05, 0) is 35.9 Å². The Bertz CT molecular complexity index is 1370. The number of ether oxygens (including phenoxy) is 1. The Morgan fingerprint density at radius 2 is 1.83 bits per heavy atom. The molecular formula is C23H17N3O3S. The van der Waals surface area contributed by atoms with Crippen molar-refractivity contribution in [1.82, 2.24) is 14.7 Å². The minimum Gasteiger partial charge on any atom is -0.497 e. The molecule has 5 aromatic rings. The lowest BCUT2D eigenvalue weighted by molar-refractivity contribution is 0.376. The van der Waals surface area contributed by atoms with E-state index in [2.05, 4.69) is 10.1 Å². The molecule has 0 radical (unpaired) electrons. The minimum atomic E-state index is -0.0965. The summed E-state index contributed by atoms with van der Waals surface area (Å²) in [5, 5.41) is 4.73. The standard InChI is InChI=1S/C23H17N3O3S/c1-28-17-9-7-15(8-10-17)20-11-18(29-25-20)13-26-14-24-22-19(23(26)27)12-21(30-22)16-5-3-2-4-6-16/h2-12,14H,13H2,1H3. The van der Waals surface area contributed by atoms with Gasteiger partial charge in [0.25, 0.3) is 5.56 Å². The van der Waals surface area contributed by atoms with Gasteiger partial charge >= 0.3 is 0 Å². The Morgan fingerprint density at radius 1 is 1.03 bits per heavy atom. The topological polar surface area (TPSA) is 70.2 Å². The maximum atomic E-state index is 13.0. The van der Waals surface area contributed by atoms with E-state index in [0.717, 1.165) is 26.6 Å². The molecule has 30 heavy (non-hydrogen) atoms. The van der Waals surface area contributed by atoms with Gasteiger partial charge in [-0.2, -0.15) is 0 Å². The monoisotopic (exact) mass is 415 g/mol. The Balaban J connectivity index is 1.43. The Hall–Kier alpha value is -3.71. The molecule has 0 bridgehead atoms. The van der Waals surface area contributed by atoms with Crippen LogP contribution in [0.4, 0.5) is 0 Å². The summed E-state index contributed by atoms with van der Waals surface area (Å²) in [6.45, 7) is 0.265. The van der Waals surface area contributed by atoms with Crippen molar-refractivity contribution >= 4 is 21.6 Å². The van der Waals surface area contributed by atoms with Gasteiger partial charge in [0.1, 0.15) is 16.3 Å². The number of hydrogen-bond acceptors (Lipinski definition) is 6. The van der Waals surface area contributed by atoms with Crippen LogP contribution in [0, 0.1) is 0 Å². The first-order chi connectivity index (χ1) is 14.7. The molecule has 6 nitrogen and oxygen atoms in total. The van der Waals surface area contributed by atoms with E-state index in [4.69, 9.17) is 9.26 Å². The normalized spacial score (nSPS) is 11.1. The van der Waals surface area contributed by atoms with Crippen molar-refractivity contribution in [3.63, 3.8) is 0 Å². The second-order valence-corrected chi connectivity index (χ2v) is 7.81. The third kappa shape index (κ3) is 3.40. The van der Waals surface area contributed by atoms with Crippen LogP contribution < -0.4 is 10.3 Å². The van der Waals surface area contributed by atoms with Crippen molar-refractivity contribution in [2.45, 2.75) is 6.54 Å². The fourth-order valence-electron chi connectivity index (χ4n) is 3.27. The molecule has 0 saturated heterocycles. The highest BCUT2D eigenvalue weighted by atomic mass is 32.1. The van der Waals surface area contributed by atoms with Crippen LogP contribution in [-0.4, -0.2) is 21.8 Å². The first-order valence-corrected chi connectivity index (χ1v) is 10.2. The van der Waals surface area contributed by atoms with Crippen LogP contribution in [0.25, 0.3) is 31.9 Å². The van der Waals surface area contributed by atoms with E-state index in [1.54, 1.807) is 18.0 Å². The van der Waals surface area contributed by atoms with Gasteiger partial charge in [0.15, 0.2) is 5.76 Å². The van der Waals surface area contributed by atoms with Crippen molar-refractivity contribution in [3.8, 4) is 27.4 Å². The number of thiophene rings is 1. The highest BCUT2D eigenvalue weighted by molar-refractivity contribution is 7.21. The number of rotatable bonds is 5. The second kappa shape index (κ2) is 7.61. The summed E-state index contributed by atoms with van der Waals surface area (Å²) in [5.74, 6) is 1.36. The van der Waals surface area contributed by atoms with Crippen LogP contribution in [0.5, 0.6) is 5.75 Å². The van der Waals surface area contributed by atoms with Gasteiger partial charge < -0.3 is 9.26 Å². The van der Waals surface area contributed by atoms with Crippen LogP contribution in [0.15, 0.2) is 82.4 Å². The summed E-state index contributed by atoms with van der Waals surface area (Å²) in [6.07, 6.45) is 1.56. The quantitative estimate of drug-likeness (QED) is 0.411. The summed E-state index contributed by atoms with van der Waals surface area (Å²) in [5.41, 5.74) is 2.60. The Morgan fingerprint density at radius 3 is 2.60 bits per heavy atom. The van der Waals surface area contributed by atoms with Crippen LogP contribution in [-0.2, 0) is 6.54 Å². The highest BCUT2D eigenvalue weighted by Crippen LogP contribution is 2.30. The van der Waals surface area contributed by atoms with Crippen molar-refractivity contribution < 1.29 is 9.26 Å². The van der Waals surface area contributed by atoms with Crippen LogP contribution >= 0.6 is 11.3 Å². The summed E-state index contributed by atoms with van der Waals surface area (Å²) < 4.78 is 12.2. The van der Waals surface area contributed by atoms with Gasteiger partial charge in [0.2, 0.25) is 0 Å². The van der Waals surface area contributed by atoms with Gasteiger partial charge in [0, 0.05) is 16.5 Å². The molecule has 3 aromatic heterocycles. The number of methoxy groups -OCH3 is 1. The lowest BCUT2D eigenvalue weighted by Crippen LogP contribution is -2.20. The largest absolute Gasteiger partial charge is 0.497 e. The molecule has 7 heteroatoms. The number of nitrogens with zero attached hydrogens (tertiary/aromatic N) is 3. The van der Waals surface area contributed by atoms with Gasteiger partial charge in [-0.1, -0.05) is 35.5 Å². The number of aromatic nitrogens is 3. The summed E-state index contributed by atoms with van der Waals surface area (Å²) in [4.78, 5) is 19.2. The van der Waals surface area contributed by atoms with Gasteiger partial charge in [-0.3, -0.25) is 9.36 Å². The zero-order valence-electron chi connectivity index (χ0n) is 16.1. The van der Waals surface area contributed by atoms with E-state index < -0.39 is 0 Å². The SMILES string of the molecule is COc1ccc(-c2cc(Cn3cnc4sc(-c5ccccc5)cc4c3=O)on2)cc1.